The second-order valence-electron chi connectivity index (χ2n) is 4.40. The van der Waals surface area contributed by atoms with Crippen molar-refractivity contribution in [2.24, 2.45) is 5.73 Å². The fourth-order valence-corrected chi connectivity index (χ4v) is 2.08. The van der Waals surface area contributed by atoms with Crippen molar-refractivity contribution < 1.29 is 4.39 Å². The lowest BCUT2D eigenvalue weighted by Crippen LogP contribution is -2.17. The first-order chi connectivity index (χ1) is 8.63. The molecule has 0 spiro atoms. The maximum Gasteiger partial charge on any atom is 0.128 e. The van der Waals surface area contributed by atoms with Crippen LogP contribution in [0, 0.1) is 12.7 Å². The molecule has 94 valence electrons. The van der Waals surface area contributed by atoms with Gasteiger partial charge in [0.05, 0.1) is 11.7 Å². The minimum Gasteiger partial charge on any atom is -0.319 e. The summed E-state index contributed by atoms with van der Waals surface area (Å²) in [6.45, 7) is 3.97. The van der Waals surface area contributed by atoms with Crippen LogP contribution in [0.5, 0.6) is 0 Å². The number of aromatic nitrogens is 1. The smallest absolute Gasteiger partial charge is 0.128 e. The number of hydrogen-bond donors (Lipinski definition) is 1. The maximum atomic E-state index is 13.8. The van der Waals surface area contributed by atoms with E-state index in [-0.39, 0.29) is 5.82 Å². The zero-order valence-electron chi connectivity index (χ0n) is 10.7. The van der Waals surface area contributed by atoms with Gasteiger partial charge < -0.3 is 5.73 Å². The third-order valence-electron chi connectivity index (χ3n) is 3.09. The van der Waals surface area contributed by atoms with Crippen LogP contribution in [0.1, 0.15) is 35.3 Å². The van der Waals surface area contributed by atoms with E-state index in [4.69, 9.17) is 5.73 Å². The number of nitrogens with two attached hydrogens (primary N) is 1. The predicted octanol–water partition coefficient (Wildman–Crippen LogP) is 3.14. The van der Waals surface area contributed by atoms with Crippen LogP contribution in [0.15, 0.2) is 36.5 Å². The zero-order chi connectivity index (χ0) is 13.1. The van der Waals surface area contributed by atoms with Crippen molar-refractivity contribution in [1.29, 1.82) is 0 Å². The molecule has 2 aromatic rings. The Morgan fingerprint density at radius 3 is 2.83 bits per heavy atom. The van der Waals surface area contributed by atoms with Gasteiger partial charge in [-0.15, -0.1) is 0 Å². The maximum absolute atomic E-state index is 13.8. The Hall–Kier alpha value is -1.74. The van der Waals surface area contributed by atoms with E-state index in [1.54, 1.807) is 18.3 Å². The lowest BCUT2D eigenvalue weighted by atomic mass is 9.97. The number of hydrogen-bond acceptors (Lipinski definition) is 2. The number of rotatable bonds is 3. The Balaban J connectivity index is 2.47. The molecule has 1 unspecified atom stereocenters. The quantitative estimate of drug-likeness (QED) is 0.900. The summed E-state index contributed by atoms with van der Waals surface area (Å²) in [6.07, 6.45) is 2.53. The third kappa shape index (κ3) is 2.41. The average molecular weight is 244 g/mol. The molecular weight excluding hydrogens is 227 g/mol. The highest BCUT2D eigenvalue weighted by molar-refractivity contribution is 5.35. The van der Waals surface area contributed by atoms with Crippen molar-refractivity contribution in [2.45, 2.75) is 26.3 Å². The van der Waals surface area contributed by atoms with Crippen LogP contribution in [0.2, 0.25) is 0 Å². The monoisotopic (exact) mass is 244 g/mol. The summed E-state index contributed by atoms with van der Waals surface area (Å²) in [5.41, 5.74) is 9.47. The molecule has 0 fully saturated rings. The van der Waals surface area contributed by atoms with Crippen molar-refractivity contribution in [3.8, 4) is 0 Å². The van der Waals surface area contributed by atoms with Crippen LogP contribution in [-0.4, -0.2) is 4.98 Å². The first-order valence-electron chi connectivity index (χ1n) is 6.09. The van der Waals surface area contributed by atoms with Gasteiger partial charge in [-0.25, -0.2) is 4.39 Å². The molecule has 1 heterocycles. The summed E-state index contributed by atoms with van der Waals surface area (Å²) in [6, 6.07) is 8.33. The van der Waals surface area contributed by atoms with Crippen molar-refractivity contribution in [3.63, 3.8) is 0 Å². The minimum atomic E-state index is -0.513. The van der Waals surface area contributed by atoms with Crippen molar-refractivity contribution >= 4 is 0 Å². The fraction of sp³-hybridized carbons (Fsp3) is 0.267. The molecule has 2 nitrogen and oxygen atoms in total. The Labute approximate surface area is 107 Å². The van der Waals surface area contributed by atoms with Gasteiger partial charge in [-0.1, -0.05) is 30.7 Å². The van der Waals surface area contributed by atoms with Gasteiger partial charge in [0.1, 0.15) is 5.82 Å². The largest absolute Gasteiger partial charge is 0.319 e. The average Bonchev–Trinajstić information content (AvgIpc) is 2.40. The molecule has 0 aliphatic rings. The molecule has 3 heteroatoms. The summed E-state index contributed by atoms with van der Waals surface area (Å²) >= 11 is 0. The van der Waals surface area contributed by atoms with E-state index in [0.29, 0.717) is 5.56 Å². The lowest BCUT2D eigenvalue weighted by molar-refractivity contribution is 0.595. The van der Waals surface area contributed by atoms with Gasteiger partial charge >= 0.3 is 0 Å². The minimum absolute atomic E-state index is 0.277. The number of pyridine rings is 1. The fourth-order valence-electron chi connectivity index (χ4n) is 2.08. The molecule has 1 atom stereocenters. The predicted molar refractivity (Wildman–Crippen MR) is 70.8 cm³/mol. The molecule has 2 rings (SSSR count). The second-order valence-corrected chi connectivity index (χ2v) is 4.40. The van der Waals surface area contributed by atoms with E-state index in [1.807, 2.05) is 26.0 Å². The highest BCUT2D eigenvalue weighted by Gasteiger charge is 2.17. The van der Waals surface area contributed by atoms with Crippen LogP contribution < -0.4 is 5.73 Å². The standard InChI is InChI=1S/C15H17FN2/c1-3-11-5-4-8-18-15(11)14(17)12-9-10(2)6-7-13(12)16/h4-9,14H,3,17H2,1-2H3. The molecule has 0 amide bonds. The van der Waals surface area contributed by atoms with Crippen LogP contribution >= 0.6 is 0 Å². The summed E-state index contributed by atoms with van der Waals surface area (Å²) in [4.78, 5) is 4.30. The number of aryl methyl sites for hydroxylation is 2. The molecule has 1 aromatic heterocycles. The molecule has 0 radical (unpaired) electrons. The van der Waals surface area contributed by atoms with Crippen molar-refractivity contribution in [3.05, 3.63) is 64.7 Å². The van der Waals surface area contributed by atoms with Crippen LogP contribution in [0.4, 0.5) is 4.39 Å². The van der Waals surface area contributed by atoms with Gasteiger partial charge in [-0.2, -0.15) is 0 Å². The van der Waals surface area contributed by atoms with Gasteiger partial charge in [-0.3, -0.25) is 4.98 Å². The highest BCUT2D eigenvalue weighted by Crippen LogP contribution is 2.24. The Bertz CT molecular complexity index is 552. The van der Waals surface area contributed by atoms with E-state index in [0.717, 1.165) is 23.2 Å². The van der Waals surface area contributed by atoms with E-state index < -0.39 is 6.04 Å². The molecule has 0 bridgehead atoms. The third-order valence-corrected chi connectivity index (χ3v) is 3.09. The van der Waals surface area contributed by atoms with Crippen LogP contribution in [-0.2, 0) is 6.42 Å². The zero-order valence-corrected chi connectivity index (χ0v) is 10.7. The molecule has 0 saturated carbocycles. The Morgan fingerprint density at radius 2 is 2.11 bits per heavy atom. The van der Waals surface area contributed by atoms with Gasteiger partial charge in [0.2, 0.25) is 0 Å². The summed E-state index contributed by atoms with van der Waals surface area (Å²) in [7, 11) is 0. The number of benzene rings is 1. The number of halogens is 1. The van der Waals surface area contributed by atoms with Gasteiger partial charge in [0.15, 0.2) is 0 Å². The highest BCUT2D eigenvalue weighted by atomic mass is 19.1. The first-order valence-corrected chi connectivity index (χ1v) is 6.09. The van der Waals surface area contributed by atoms with E-state index in [2.05, 4.69) is 4.98 Å². The van der Waals surface area contributed by atoms with E-state index in [1.165, 1.54) is 6.07 Å². The molecule has 1 aromatic carbocycles. The summed E-state index contributed by atoms with van der Waals surface area (Å²) < 4.78 is 13.8. The lowest BCUT2D eigenvalue weighted by Gasteiger charge is -2.16. The van der Waals surface area contributed by atoms with Gasteiger partial charge in [0.25, 0.3) is 0 Å². The normalized spacial score (nSPS) is 12.4. The Morgan fingerprint density at radius 1 is 1.33 bits per heavy atom. The first kappa shape index (κ1) is 12.7. The topological polar surface area (TPSA) is 38.9 Å². The van der Waals surface area contributed by atoms with E-state index in [9.17, 15) is 4.39 Å². The SMILES string of the molecule is CCc1cccnc1C(N)c1cc(C)ccc1F. The molecule has 0 aliphatic carbocycles. The number of nitrogens with zero attached hydrogens (tertiary/aromatic N) is 1. The molecular formula is C15H17FN2. The van der Waals surface area contributed by atoms with Crippen molar-refractivity contribution in [1.82, 2.24) is 4.98 Å². The molecule has 0 aliphatic heterocycles. The summed E-state index contributed by atoms with van der Waals surface area (Å²) in [5.74, 6) is -0.277. The van der Waals surface area contributed by atoms with Crippen LogP contribution in [0.3, 0.4) is 0 Å². The molecule has 0 saturated heterocycles. The van der Waals surface area contributed by atoms with Gasteiger partial charge in [0, 0.05) is 11.8 Å². The second kappa shape index (κ2) is 5.27. The van der Waals surface area contributed by atoms with Crippen LogP contribution in [0.25, 0.3) is 0 Å². The van der Waals surface area contributed by atoms with E-state index >= 15 is 0 Å². The van der Waals surface area contributed by atoms with Gasteiger partial charge in [-0.05, 0) is 31.0 Å². The molecule has 18 heavy (non-hydrogen) atoms. The Kier molecular flexibility index (Phi) is 3.72. The summed E-state index contributed by atoms with van der Waals surface area (Å²) in [5, 5.41) is 0. The molecule has 2 N–H and O–H groups in total. The van der Waals surface area contributed by atoms with Crippen molar-refractivity contribution in [2.75, 3.05) is 0 Å².